The lowest BCUT2D eigenvalue weighted by Gasteiger charge is -2.41. The molecule has 142 valence electrons. The number of aromatic amines is 1. The number of rotatable bonds is 0. The maximum atomic E-state index is 8.36. The Kier molecular flexibility index (Phi) is 2.82. The molecule has 0 radical (unpaired) electrons. The first-order valence-electron chi connectivity index (χ1n) is 10.4. The number of hydrogen-bond donors (Lipinski definition) is 2. The van der Waals surface area contributed by atoms with Gasteiger partial charge in [0, 0.05) is 38.4 Å². The Morgan fingerprint density at radius 2 is 1.80 bits per heavy atom. The molecule has 0 amide bonds. The molecule has 2 aliphatic rings. The maximum Gasteiger partial charge on any atom is 0.0957 e. The standard InChI is InChI=1S/C27H19N3/c1-27-14-5-4-11-20(27)15-7-2-3-8-16(15)25-26(27)30-24-18-10-6-9-17-21(28)13-12-19(22(17)18)23(24)29-25/h2-14,20,28,30H,1H3. The molecule has 2 N–H and O–H groups in total. The Morgan fingerprint density at radius 1 is 0.933 bits per heavy atom. The normalized spacial score (nSPS) is 21.8. The van der Waals surface area contributed by atoms with E-state index >= 15 is 0 Å². The Morgan fingerprint density at radius 3 is 2.73 bits per heavy atom. The predicted molar refractivity (Wildman–Crippen MR) is 122 cm³/mol. The number of H-pyrrole nitrogens is 1. The van der Waals surface area contributed by atoms with E-state index in [1.54, 1.807) is 0 Å². The van der Waals surface area contributed by atoms with Crippen LogP contribution in [0.1, 0.15) is 24.1 Å². The molecule has 1 heterocycles. The molecular weight excluding hydrogens is 366 g/mol. The maximum absolute atomic E-state index is 8.36. The summed E-state index contributed by atoms with van der Waals surface area (Å²) in [7, 11) is 0. The SMILES string of the molecule is CC12C=CC=CC1c1ccccc1-c1nc3c4ccc(=N)c5cccc(c3[nH]c12)c54. The smallest absolute Gasteiger partial charge is 0.0957 e. The van der Waals surface area contributed by atoms with E-state index < -0.39 is 0 Å². The molecule has 0 saturated carbocycles. The van der Waals surface area contributed by atoms with Crippen molar-refractivity contribution >= 4 is 32.6 Å². The van der Waals surface area contributed by atoms with E-state index in [9.17, 15) is 0 Å². The molecule has 3 heteroatoms. The van der Waals surface area contributed by atoms with E-state index in [0.29, 0.717) is 5.36 Å². The summed E-state index contributed by atoms with van der Waals surface area (Å²) < 4.78 is 0. The van der Waals surface area contributed by atoms with Crippen LogP contribution in [0, 0.1) is 5.41 Å². The summed E-state index contributed by atoms with van der Waals surface area (Å²) in [6, 6.07) is 18.8. The van der Waals surface area contributed by atoms with Crippen LogP contribution in [-0.2, 0) is 5.41 Å². The lowest BCUT2D eigenvalue weighted by molar-refractivity contribution is 0.503. The van der Waals surface area contributed by atoms with Gasteiger partial charge in [0.25, 0.3) is 0 Å². The van der Waals surface area contributed by atoms with Crippen molar-refractivity contribution in [2.75, 3.05) is 0 Å². The molecule has 5 aromatic rings. The van der Waals surface area contributed by atoms with Gasteiger partial charge in [-0.15, -0.1) is 0 Å². The first-order valence-corrected chi connectivity index (χ1v) is 10.4. The zero-order valence-corrected chi connectivity index (χ0v) is 16.5. The second kappa shape index (κ2) is 5.25. The number of nitrogens with zero attached hydrogens (tertiary/aromatic N) is 1. The van der Waals surface area contributed by atoms with Gasteiger partial charge in [0.2, 0.25) is 0 Å². The third-order valence-corrected chi connectivity index (χ3v) is 7.11. The van der Waals surface area contributed by atoms with Gasteiger partial charge in [0.05, 0.1) is 27.8 Å². The van der Waals surface area contributed by atoms with Crippen molar-refractivity contribution in [3.8, 4) is 11.3 Å². The van der Waals surface area contributed by atoms with Gasteiger partial charge in [-0.25, -0.2) is 4.98 Å². The molecule has 30 heavy (non-hydrogen) atoms. The second-order valence-corrected chi connectivity index (χ2v) is 8.66. The van der Waals surface area contributed by atoms with Crippen LogP contribution in [0.15, 0.2) is 78.9 Å². The molecule has 4 aromatic carbocycles. The molecule has 0 bridgehead atoms. The van der Waals surface area contributed by atoms with Gasteiger partial charge >= 0.3 is 0 Å². The van der Waals surface area contributed by atoms with Gasteiger partial charge in [-0.05, 0) is 24.6 Å². The van der Waals surface area contributed by atoms with E-state index in [4.69, 9.17) is 10.4 Å². The number of hydrogen-bond acceptors (Lipinski definition) is 2. The van der Waals surface area contributed by atoms with Crippen LogP contribution >= 0.6 is 0 Å². The van der Waals surface area contributed by atoms with Crippen LogP contribution in [0.25, 0.3) is 43.8 Å². The molecule has 0 aliphatic heterocycles. The summed E-state index contributed by atoms with van der Waals surface area (Å²) in [4.78, 5) is 9.13. The van der Waals surface area contributed by atoms with E-state index in [0.717, 1.165) is 38.3 Å². The fourth-order valence-corrected chi connectivity index (χ4v) is 5.64. The van der Waals surface area contributed by atoms with Gasteiger partial charge in [-0.2, -0.15) is 0 Å². The lowest BCUT2D eigenvalue weighted by Crippen LogP contribution is -2.34. The van der Waals surface area contributed by atoms with Crippen LogP contribution in [-0.4, -0.2) is 9.97 Å². The average molecular weight is 385 g/mol. The third-order valence-electron chi connectivity index (χ3n) is 7.11. The van der Waals surface area contributed by atoms with Crippen molar-refractivity contribution in [2.45, 2.75) is 18.3 Å². The monoisotopic (exact) mass is 385 g/mol. The number of aromatic nitrogens is 2. The topological polar surface area (TPSA) is 52.5 Å². The van der Waals surface area contributed by atoms with Gasteiger partial charge < -0.3 is 10.4 Å². The summed E-state index contributed by atoms with van der Waals surface area (Å²) in [5.74, 6) is 0.279. The lowest BCUT2D eigenvalue weighted by atomic mass is 9.63. The Bertz CT molecular complexity index is 1640. The van der Waals surface area contributed by atoms with E-state index in [-0.39, 0.29) is 11.3 Å². The van der Waals surface area contributed by atoms with Crippen LogP contribution in [0.3, 0.4) is 0 Å². The highest BCUT2D eigenvalue weighted by Crippen LogP contribution is 2.52. The molecule has 2 aliphatic carbocycles. The molecule has 7 rings (SSSR count). The van der Waals surface area contributed by atoms with Gasteiger partial charge in [0.15, 0.2) is 0 Å². The first-order chi connectivity index (χ1) is 14.7. The zero-order chi connectivity index (χ0) is 20.0. The van der Waals surface area contributed by atoms with E-state index in [1.807, 2.05) is 18.2 Å². The number of allylic oxidation sites excluding steroid dienone is 4. The molecular formula is C27H19N3. The summed E-state index contributed by atoms with van der Waals surface area (Å²) in [6.07, 6.45) is 8.92. The van der Waals surface area contributed by atoms with Crippen LogP contribution in [0.4, 0.5) is 0 Å². The minimum Gasteiger partial charge on any atom is -0.354 e. The largest absolute Gasteiger partial charge is 0.354 e. The fourth-order valence-electron chi connectivity index (χ4n) is 5.64. The van der Waals surface area contributed by atoms with Gasteiger partial charge in [-0.1, -0.05) is 66.8 Å². The fraction of sp³-hybridized carbons (Fsp3) is 0.111. The number of fused-ring (bicyclic) bond motifs is 9. The Labute approximate surface area is 173 Å². The summed E-state index contributed by atoms with van der Waals surface area (Å²) in [5, 5.41) is 13.3. The molecule has 0 fully saturated rings. The Balaban J connectivity index is 1.71. The quantitative estimate of drug-likeness (QED) is 0.341. The first kappa shape index (κ1) is 16.1. The van der Waals surface area contributed by atoms with Crippen molar-refractivity contribution in [3.05, 3.63) is 95.5 Å². The summed E-state index contributed by atoms with van der Waals surface area (Å²) >= 11 is 0. The van der Waals surface area contributed by atoms with Crippen LogP contribution < -0.4 is 5.36 Å². The van der Waals surface area contributed by atoms with E-state index in [2.05, 4.69) is 72.6 Å². The van der Waals surface area contributed by atoms with E-state index in [1.165, 1.54) is 16.8 Å². The van der Waals surface area contributed by atoms with Crippen molar-refractivity contribution in [2.24, 2.45) is 0 Å². The molecule has 3 nitrogen and oxygen atoms in total. The van der Waals surface area contributed by atoms with Crippen LogP contribution in [0.2, 0.25) is 0 Å². The predicted octanol–water partition coefficient (Wildman–Crippen LogP) is 5.93. The number of benzene rings is 3. The molecule has 1 aromatic heterocycles. The highest BCUT2D eigenvalue weighted by Gasteiger charge is 2.43. The average Bonchev–Trinajstić information content (AvgIpc) is 3.10. The minimum absolute atomic E-state index is 0.177. The highest BCUT2D eigenvalue weighted by molar-refractivity contribution is 6.28. The van der Waals surface area contributed by atoms with Crippen molar-refractivity contribution in [1.82, 2.24) is 9.97 Å². The minimum atomic E-state index is -0.177. The van der Waals surface area contributed by atoms with Gasteiger partial charge in [-0.3, -0.25) is 0 Å². The van der Waals surface area contributed by atoms with Crippen molar-refractivity contribution in [1.29, 1.82) is 5.41 Å². The van der Waals surface area contributed by atoms with Crippen LogP contribution in [0.5, 0.6) is 0 Å². The van der Waals surface area contributed by atoms with Crippen molar-refractivity contribution in [3.63, 3.8) is 0 Å². The Hall–Kier alpha value is -3.72. The molecule has 0 saturated heterocycles. The molecule has 2 unspecified atom stereocenters. The third kappa shape index (κ3) is 1.77. The summed E-state index contributed by atoms with van der Waals surface area (Å²) in [5.41, 5.74) is 6.63. The van der Waals surface area contributed by atoms with Gasteiger partial charge in [0.1, 0.15) is 0 Å². The van der Waals surface area contributed by atoms with Crippen molar-refractivity contribution < 1.29 is 0 Å². The highest BCUT2D eigenvalue weighted by atomic mass is 14.9. The second-order valence-electron chi connectivity index (χ2n) is 8.66. The number of nitrogens with one attached hydrogen (secondary N) is 2. The summed E-state index contributed by atoms with van der Waals surface area (Å²) in [6.45, 7) is 2.31. The molecule has 2 atom stereocenters. The zero-order valence-electron chi connectivity index (χ0n) is 16.5. The molecule has 0 spiro atoms.